The predicted octanol–water partition coefficient (Wildman–Crippen LogP) is 0.0817. The average Bonchev–Trinajstić information content (AvgIpc) is 2.03. The molecule has 4 nitrogen and oxygen atoms in total. The third kappa shape index (κ3) is 2.77. The summed E-state index contributed by atoms with van der Waals surface area (Å²) in [5, 5.41) is 25.8. The Morgan fingerprint density at radius 2 is 1.75 bits per heavy atom. The van der Waals surface area contributed by atoms with Crippen molar-refractivity contribution in [3.05, 3.63) is 24.3 Å². The molecule has 0 aliphatic heterocycles. The molecule has 0 heterocycles. The van der Waals surface area contributed by atoms with Gasteiger partial charge in [-0.1, -0.05) is 0 Å². The highest BCUT2D eigenvalue weighted by Crippen LogP contribution is 2.15. The zero-order chi connectivity index (χ0) is 8.97. The molecule has 0 amide bonds. The molecule has 0 bridgehead atoms. The van der Waals surface area contributed by atoms with Gasteiger partial charge in [-0.3, -0.25) is 0 Å². The molecular formula is C8H10O4. The minimum absolute atomic E-state index is 0.145. The van der Waals surface area contributed by atoms with Gasteiger partial charge in [-0.25, -0.2) is 0 Å². The number of aliphatic hydroxyl groups is 2. The molecule has 1 aromatic rings. The molecular weight excluding hydrogens is 160 g/mol. The van der Waals surface area contributed by atoms with E-state index in [2.05, 4.69) is 0 Å². The van der Waals surface area contributed by atoms with E-state index < -0.39 is 6.29 Å². The van der Waals surface area contributed by atoms with Crippen LogP contribution in [0.1, 0.15) is 0 Å². The van der Waals surface area contributed by atoms with Crippen molar-refractivity contribution in [2.24, 2.45) is 0 Å². The van der Waals surface area contributed by atoms with Gasteiger partial charge in [0, 0.05) is 0 Å². The first kappa shape index (κ1) is 8.83. The van der Waals surface area contributed by atoms with Crippen LogP contribution in [0.3, 0.4) is 0 Å². The molecule has 0 radical (unpaired) electrons. The molecule has 4 heteroatoms. The molecule has 12 heavy (non-hydrogen) atoms. The van der Waals surface area contributed by atoms with Crippen LogP contribution in [0.4, 0.5) is 0 Å². The van der Waals surface area contributed by atoms with Crippen molar-refractivity contribution < 1.29 is 20.1 Å². The van der Waals surface area contributed by atoms with E-state index in [-0.39, 0.29) is 12.4 Å². The summed E-state index contributed by atoms with van der Waals surface area (Å²) >= 11 is 0. The summed E-state index contributed by atoms with van der Waals surface area (Å²) in [6.45, 7) is -0.176. The van der Waals surface area contributed by atoms with E-state index in [9.17, 15) is 0 Å². The smallest absolute Gasteiger partial charge is 0.186 e. The Labute approximate surface area is 69.7 Å². The van der Waals surface area contributed by atoms with E-state index in [0.717, 1.165) is 0 Å². The molecule has 0 spiro atoms. The van der Waals surface area contributed by atoms with Crippen LogP contribution >= 0.6 is 0 Å². The van der Waals surface area contributed by atoms with Gasteiger partial charge in [0.1, 0.15) is 18.1 Å². The summed E-state index contributed by atoms with van der Waals surface area (Å²) in [6.07, 6.45) is -1.47. The van der Waals surface area contributed by atoms with E-state index in [1.807, 2.05) is 0 Å². The van der Waals surface area contributed by atoms with Crippen LogP contribution in [0, 0.1) is 0 Å². The first-order valence-corrected chi connectivity index (χ1v) is 3.46. The van der Waals surface area contributed by atoms with Gasteiger partial charge in [0.15, 0.2) is 6.29 Å². The lowest BCUT2D eigenvalue weighted by Crippen LogP contribution is -2.15. The van der Waals surface area contributed by atoms with E-state index in [1.54, 1.807) is 0 Å². The van der Waals surface area contributed by atoms with E-state index in [4.69, 9.17) is 20.1 Å². The number of hydrogen-bond acceptors (Lipinski definition) is 4. The van der Waals surface area contributed by atoms with Gasteiger partial charge in [0.25, 0.3) is 0 Å². The Morgan fingerprint density at radius 1 is 1.17 bits per heavy atom. The van der Waals surface area contributed by atoms with Gasteiger partial charge in [0.05, 0.1) is 0 Å². The van der Waals surface area contributed by atoms with Crippen LogP contribution in [0.15, 0.2) is 24.3 Å². The Bertz CT molecular complexity index is 229. The fraction of sp³-hybridized carbons (Fsp3) is 0.250. The van der Waals surface area contributed by atoms with Crippen molar-refractivity contribution in [3.8, 4) is 11.5 Å². The maximum absolute atomic E-state index is 8.88. The van der Waals surface area contributed by atoms with Gasteiger partial charge in [-0.2, -0.15) is 0 Å². The van der Waals surface area contributed by atoms with Crippen LogP contribution in [-0.2, 0) is 0 Å². The number of phenols is 1. The van der Waals surface area contributed by atoms with Crippen molar-refractivity contribution in [3.63, 3.8) is 0 Å². The van der Waals surface area contributed by atoms with Crippen molar-refractivity contribution in [1.82, 2.24) is 0 Å². The summed E-state index contributed by atoms with van der Waals surface area (Å²) in [5.74, 6) is 0.632. The highest BCUT2D eigenvalue weighted by atomic mass is 16.5. The quantitative estimate of drug-likeness (QED) is 0.562. The second kappa shape index (κ2) is 3.94. The number of aromatic hydroxyl groups is 1. The van der Waals surface area contributed by atoms with Crippen molar-refractivity contribution in [2.45, 2.75) is 6.29 Å². The average molecular weight is 170 g/mol. The maximum Gasteiger partial charge on any atom is 0.186 e. The minimum Gasteiger partial charge on any atom is -0.508 e. The summed E-state index contributed by atoms with van der Waals surface area (Å²) in [4.78, 5) is 0. The topological polar surface area (TPSA) is 69.9 Å². The van der Waals surface area contributed by atoms with Crippen LogP contribution in [-0.4, -0.2) is 28.2 Å². The first-order valence-electron chi connectivity index (χ1n) is 3.46. The van der Waals surface area contributed by atoms with E-state index >= 15 is 0 Å². The van der Waals surface area contributed by atoms with Gasteiger partial charge in [-0.05, 0) is 24.3 Å². The Morgan fingerprint density at radius 3 is 2.25 bits per heavy atom. The van der Waals surface area contributed by atoms with Gasteiger partial charge >= 0.3 is 0 Å². The Kier molecular flexibility index (Phi) is 2.90. The highest BCUT2D eigenvalue weighted by molar-refractivity contribution is 5.29. The standard InChI is InChI=1S/C8H10O4/c9-6-1-3-7(4-2-6)12-5-8(10)11/h1-4,8-11H,5H2. The molecule has 1 aromatic carbocycles. The SMILES string of the molecule is Oc1ccc(OCC(O)O)cc1. The predicted molar refractivity (Wildman–Crippen MR) is 41.8 cm³/mol. The Balaban J connectivity index is 2.48. The number of rotatable bonds is 3. The maximum atomic E-state index is 8.88. The van der Waals surface area contributed by atoms with Gasteiger partial charge in [-0.15, -0.1) is 0 Å². The number of ether oxygens (including phenoxy) is 1. The molecule has 0 aliphatic rings. The van der Waals surface area contributed by atoms with E-state index in [0.29, 0.717) is 5.75 Å². The lowest BCUT2D eigenvalue weighted by molar-refractivity contribution is -0.0680. The molecule has 0 aliphatic carbocycles. The molecule has 0 saturated heterocycles. The lowest BCUT2D eigenvalue weighted by Gasteiger charge is -2.06. The number of benzene rings is 1. The van der Waals surface area contributed by atoms with Crippen LogP contribution in [0.25, 0.3) is 0 Å². The number of aliphatic hydroxyl groups excluding tert-OH is 1. The monoisotopic (exact) mass is 170 g/mol. The minimum atomic E-state index is -1.47. The van der Waals surface area contributed by atoms with Crippen molar-refractivity contribution in [2.75, 3.05) is 6.61 Å². The second-order valence-corrected chi connectivity index (χ2v) is 2.29. The molecule has 0 unspecified atom stereocenters. The van der Waals surface area contributed by atoms with Crippen LogP contribution in [0.2, 0.25) is 0 Å². The summed E-state index contributed by atoms with van der Waals surface area (Å²) < 4.78 is 4.91. The van der Waals surface area contributed by atoms with Crippen LogP contribution < -0.4 is 4.74 Å². The first-order chi connectivity index (χ1) is 5.68. The third-order valence-electron chi connectivity index (χ3n) is 1.24. The molecule has 1 rings (SSSR count). The largest absolute Gasteiger partial charge is 0.508 e. The lowest BCUT2D eigenvalue weighted by atomic mass is 10.3. The summed E-state index contributed by atoms with van der Waals surface area (Å²) in [7, 11) is 0. The molecule has 0 saturated carbocycles. The van der Waals surface area contributed by atoms with Gasteiger partial charge < -0.3 is 20.1 Å². The zero-order valence-corrected chi connectivity index (χ0v) is 6.34. The van der Waals surface area contributed by atoms with Gasteiger partial charge in [0.2, 0.25) is 0 Å². The molecule has 3 N–H and O–H groups in total. The summed E-state index contributed by atoms with van der Waals surface area (Å²) in [5.41, 5.74) is 0. The van der Waals surface area contributed by atoms with Crippen LogP contribution in [0.5, 0.6) is 11.5 Å². The molecule has 0 aromatic heterocycles. The molecule has 0 atom stereocenters. The third-order valence-corrected chi connectivity index (χ3v) is 1.24. The molecule has 66 valence electrons. The fourth-order valence-corrected chi connectivity index (χ4v) is 0.713. The highest BCUT2D eigenvalue weighted by Gasteiger charge is 1.98. The zero-order valence-electron chi connectivity index (χ0n) is 6.34. The fourth-order valence-electron chi connectivity index (χ4n) is 0.713. The molecule has 0 fully saturated rings. The Hall–Kier alpha value is -1.26. The van der Waals surface area contributed by atoms with Crippen molar-refractivity contribution in [1.29, 1.82) is 0 Å². The normalized spacial score (nSPS) is 10.2. The number of phenolic OH excluding ortho intramolecular Hbond substituents is 1. The number of hydrogen-bond donors (Lipinski definition) is 3. The second-order valence-electron chi connectivity index (χ2n) is 2.29. The van der Waals surface area contributed by atoms with Crippen molar-refractivity contribution >= 4 is 0 Å². The van der Waals surface area contributed by atoms with E-state index in [1.165, 1.54) is 24.3 Å². The summed E-state index contributed by atoms with van der Waals surface area (Å²) in [6, 6.07) is 5.99.